The van der Waals surface area contributed by atoms with Gasteiger partial charge in [-0.3, -0.25) is 29.4 Å². The minimum Gasteiger partial charge on any atom is -0.510 e. The van der Waals surface area contributed by atoms with E-state index in [1.54, 1.807) is 26.2 Å². The zero-order chi connectivity index (χ0) is 31.9. The SMILES string of the molecule is CN(C)[C@@H]1C(O)=C(C(N)=O)C(=O)[C@@]2(O)C(O)=C3C(=O)c4c(O)c(C(C)(C)C)cc(-c5cccc([N+](=O)[O-])c5)c4C[C@H]3C[C@@H]12. The molecular formula is C31H33N3O9. The zero-order valence-corrected chi connectivity index (χ0v) is 24.3. The number of primary amides is 1. The van der Waals surface area contributed by atoms with E-state index in [2.05, 4.69) is 0 Å². The molecule has 0 aromatic heterocycles. The number of carbonyl (C=O) groups is 3. The van der Waals surface area contributed by atoms with E-state index >= 15 is 0 Å². The number of aliphatic hydroxyl groups is 3. The van der Waals surface area contributed by atoms with Crippen LogP contribution in [0.2, 0.25) is 0 Å². The van der Waals surface area contributed by atoms with E-state index in [1.807, 2.05) is 20.8 Å². The number of non-ortho nitro benzene ring substituents is 1. The first kappa shape index (κ1) is 29.9. The number of nitrogens with two attached hydrogens (primary N) is 1. The van der Waals surface area contributed by atoms with Crippen molar-refractivity contribution in [3.63, 3.8) is 0 Å². The molecule has 1 amide bonds. The van der Waals surface area contributed by atoms with Gasteiger partial charge in [0.2, 0.25) is 5.78 Å². The Kier molecular flexibility index (Phi) is 6.78. The summed E-state index contributed by atoms with van der Waals surface area (Å²) in [5.41, 5.74) is 2.19. The molecule has 5 rings (SSSR count). The first-order chi connectivity index (χ1) is 19.9. The lowest BCUT2D eigenvalue weighted by atomic mass is 9.58. The molecule has 0 heterocycles. The number of rotatable bonds is 4. The molecule has 0 aliphatic heterocycles. The van der Waals surface area contributed by atoms with Crippen LogP contribution in [0.4, 0.5) is 5.69 Å². The molecular weight excluding hydrogens is 558 g/mol. The van der Waals surface area contributed by atoms with Gasteiger partial charge in [0.25, 0.3) is 11.6 Å². The number of nitro benzene ring substituents is 1. The molecule has 2 aromatic rings. The number of fused-ring (bicyclic) bond motifs is 3. The molecule has 12 heteroatoms. The first-order valence-electron chi connectivity index (χ1n) is 13.7. The first-order valence-corrected chi connectivity index (χ1v) is 13.7. The lowest BCUT2D eigenvalue weighted by Crippen LogP contribution is -2.63. The van der Waals surface area contributed by atoms with E-state index in [0.717, 1.165) is 0 Å². The topological polar surface area (TPSA) is 205 Å². The number of nitrogens with zero attached hydrogens (tertiary/aromatic N) is 2. The fourth-order valence-corrected chi connectivity index (χ4v) is 6.93. The van der Waals surface area contributed by atoms with Crippen molar-refractivity contribution >= 4 is 23.2 Å². The van der Waals surface area contributed by atoms with Crippen LogP contribution in [-0.4, -0.2) is 73.5 Å². The van der Waals surface area contributed by atoms with Crippen LogP contribution in [0.1, 0.15) is 48.7 Å². The fraction of sp³-hybridized carbons (Fsp3) is 0.387. The van der Waals surface area contributed by atoms with Crippen LogP contribution in [0.3, 0.4) is 0 Å². The van der Waals surface area contributed by atoms with Gasteiger partial charge in [-0.2, -0.15) is 0 Å². The molecule has 12 nitrogen and oxygen atoms in total. The number of ketones is 2. The average molecular weight is 592 g/mol. The molecule has 0 fully saturated rings. The van der Waals surface area contributed by atoms with Crippen LogP contribution in [0, 0.1) is 22.0 Å². The molecule has 0 bridgehead atoms. The Morgan fingerprint density at radius 2 is 1.79 bits per heavy atom. The highest BCUT2D eigenvalue weighted by atomic mass is 16.6. The third kappa shape index (κ3) is 4.23. The fourth-order valence-electron chi connectivity index (χ4n) is 6.93. The molecule has 0 saturated carbocycles. The monoisotopic (exact) mass is 591 g/mol. The van der Waals surface area contributed by atoms with Crippen LogP contribution in [0.5, 0.6) is 5.75 Å². The maximum Gasteiger partial charge on any atom is 0.270 e. The van der Waals surface area contributed by atoms with Crippen LogP contribution >= 0.6 is 0 Å². The summed E-state index contributed by atoms with van der Waals surface area (Å²) >= 11 is 0. The van der Waals surface area contributed by atoms with Crippen LogP contribution < -0.4 is 5.73 Å². The quantitative estimate of drug-likeness (QED) is 0.200. The minimum absolute atomic E-state index is 0.0601. The van der Waals surface area contributed by atoms with E-state index in [-0.39, 0.29) is 35.4 Å². The van der Waals surface area contributed by atoms with E-state index in [4.69, 9.17) is 5.73 Å². The van der Waals surface area contributed by atoms with Crippen LogP contribution in [0.25, 0.3) is 11.1 Å². The van der Waals surface area contributed by atoms with Gasteiger partial charge >= 0.3 is 0 Å². The predicted molar refractivity (Wildman–Crippen MR) is 154 cm³/mol. The number of benzene rings is 2. The number of aliphatic hydroxyl groups excluding tert-OH is 2. The van der Waals surface area contributed by atoms with Crippen molar-refractivity contribution < 1.29 is 39.7 Å². The van der Waals surface area contributed by atoms with Crippen molar-refractivity contribution in [1.82, 2.24) is 4.90 Å². The second kappa shape index (κ2) is 9.75. The largest absolute Gasteiger partial charge is 0.510 e. The lowest BCUT2D eigenvalue weighted by Gasteiger charge is -2.50. The van der Waals surface area contributed by atoms with Crippen molar-refractivity contribution in [2.45, 2.75) is 50.7 Å². The lowest BCUT2D eigenvalue weighted by molar-refractivity contribution is -0.384. The van der Waals surface area contributed by atoms with Gasteiger partial charge in [0.15, 0.2) is 11.4 Å². The number of allylic oxidation sites excluding steroid dienone is 1. The molecule has 43 heavy (non-hydrogen) atoms. The highest BCUT2D eigenvalue weighted by Gasteiger charge is 2.63. The number of nitro groups is 1. The minimum atomic E-state index is -2.75. The number of hydrogen-bond acceptors (Lipinski definition) is 10. The maximum atomic E-state index is 14.3. The van der Waals surface area contributed by atoms with Crippen molar-refractivity contribution in [3.8, 4) is 16.9 Å². The number of phenols is 1. The summed E-state index contributed by atoms with van der Waals surface area (Å²) in [7, 11) is 3.11. The molecule has 0 saturated heterocycles. The molecule has 2 aromatic carbocycles. The van der Waals surface area contributed by atoms with E-state index in [9.17, 15) is 44.9 Å². The Labute approximate surface area is 246 Å². The summed E-state index contributed by atoms with van der Waals surface area (Å²) < 4.78 is 0. The van der Waals surface area contributed by atoms with Gasteiger partial charge in [-0.1, -0.05) is 32.9 Å². The smallest absolute Gasteiger partial charge is 0.270 e. The van der Waals surface area contributed by atoms with Gasteiger partial charge < -0.3 is 26.2 Å². The van der Waals surface area contributed by atoms with Crippen molar-refractivity contribution in [2.24, 2.45) is 17.6 Å². The zero-order valence-electron chi connectivity index (χ0n) is 24.3. The number of amides is 1. The van der Waals surface area contributed by atoms with E-state index in [1.165, 1.54) is 23.1 Å². The molecule has 0 unspecified atom stereocenters. The number of carbonyl (C=O) groups excluding carboxylic acids is 3. The van der Waals surface area contributed by atoms with Gasteiger partial charge in [0, 0.05) is 29.2 Å². The second-order valence-electron chi connectivity index (χ2n) is 12.7. The Morgan fingerprint density at radius 1 is 1.14 bits per heavy atom. The van der Waals surface area contributed by atoms with Crippen molar-refractivity contribution in [3.05, 3.63) is 79.8 Å². The van der Waals surface area contributed by atoms with Crippen molar-refractivity contribution in [2.75, 3.05) is 14.1 Å². The molecule has 0 spiro atoms. The van der Waals surface area contributed by atoms with Crippen LogP contribution in [-0.2, 0) is 21.4 Å². The number of phenolic OH excluding ortho intramolecular Hbond substituents is 1. The second-order valence-corrected chi connectivity index (χ2v) is 12.7. The Balaban J connectivity index is 1.80. The third-order valence-electron chi connectivity index (χ3n) is 8.90. The highest BCUT2D eigenvalue weighted by molar-refractivity contribution is 6.25. The predicted octanol–water partition coefficient (Wildman–Crippen LogP) is 2.99. The van der Waals surface area contributed by atoms with Gasteiger partial charge in [-0.25, -0.2) is 0 Å². The normalized spacial score (nSPS) is 25.4. The van der Waals surface area contributed by atoms with Crippen LogP contribution in [0.15, 0.2) is 53.0 Å². The highest BCUT2D eigenvalue weighted by Crippen LogP contribution is 2.54. The summed E-state index contributed by atoms with van der Waals surface area (Å²) in [4.78, 5) is 52.5. The number of Topliss-reactive ketones (excluding diaryl/α,β-unsaturated/α-hetero) is 2. The molecule has 3 aliphatic rings. The summed E-state index contributed by atoms with van der Waals surface area (Å²) in [5.74, 6) is -7.31. The van der Waals surface area contributed by atoms with Gasteiger partial charge in [-0.15, -0.1) is 0 Å². The molecule has 4 atom stereocenters. The average Bonchev–Trinajstić information content (AvgIpc) is 2.89. The summed E-state index contributed by atoms with van der Waals surface area (Å²) in [6.07, 6.45) is -0.00747. The number of aromatic hydroxyl groups is 1. The molecule has 3 aliphatic carbocycles. The van der Waals surface area contributed by atoms with Gasteiger partial charge in [-0.05, 0) is 61.0 Å². The van der Waals surface area contributed by atoms with Gasteiger partial charge in [0.05, 0.1) is 16.5 Å². The van der Waals surface area contributed by atoms with E-state index in [0.29, 0.717) is 22.3 Å². The van der Waals surface area contributed by atoms with Crippen molar-refractivity contribution in [1.29, 1.82) is 0 Å². The Hall–Kier alpha value is -4.55. The maximum absolute atomic E-state index is 14.3. The molecule has 226 valence electrons. The summed E-state index contributed by atoms with van der Waals surface area (Å²) in [6.45, 7) is 5.45. The van der Waals surface area contributed by atoms with Gasteiger partial charge in [0.1, 0.15) is 22.8 Å². The van der Waals surface area contributed by atoms with E-state index < -0.39 is 68.4 Å². The summed E-state index contributed by atoms with van der Waals surface area (Å²) in [6, 6.07) is 6.49. The Morgan fingerprint density at radius 3 is 2.35 bits per heavy atom. The molecule has 6 N–H and O–H groups in total. The summed E-state index contributed by atoms with van der Waals surface area (Å²) in [5, 5.41) is 57.4. The third-order valence-corrected chi connectivity index (χ3v) is 8.90. The Bertz CT molecular complexity index is 1700. The standard InChI is InChI=1S/C31H33N3O9/c1-30(2,3)19-12-16(13-7-6-8-15(9-13)34(42)43)17-10-14-11-18-23(33(4)5)26(37)22(29(32)40)28(39)31(18,41)27(38)20(14)25(36)21(17)24(19)35/h6-9,12,14,18,23,35,37-38,41H,10-11H2,1-5H3,(H2,32,40)/t14-,18-,23-,31-/m0/s1. The number of likely N-dealkylation sites (N-methyl/N-ethyl adjacent to an activating group) is 1. The number of hydrogen-bond donors (Lipinski definition) is 5. The molecule has 0 radical (unpaired) electrons.